The molecule has 130 valence electrons. The molecule has 0 spiro atoms. The number of halogens is 1. The van der Waals surface area contributed by atoms with Crippen molar-refractivity contribution in [3.63, 3.8) is 0 Å². The highest BCUT2D eigenvalue weighted by Crippen LogP contribution is 2.41. The summed E-state index contributed by atoms with van der Waals surface area (Å²) in [5.41, 5.74) is 1.84. The quantitative estimate of drug-likeness (QED) is 0.878. The summed E-state index contributed by atoms with van der Waals surface area (Å²) >= 11 is 1.52. The maximum absolute atomic E-state index is 13.1. The van der Waals surface area contributed by atoms with E-state index in [4.69, 9.17) is 5.11 Å². The van der Waals surface area contributed by atoms with Gasteiger partial charge in [-0.25, -0.2) is 9.37 Å². The van der Waals surface area contributed by atoms with Gasteiger partial charge in [0.25, 0.3) is 0 Å². The zero-order chi connectivity index (χ0) is 17.6. The number of hydrogen-bond acceptors (Lipinski definition) is 4. The lowest BCUT2D eigenvalue weighted by molar-refractivity contribution is -0.140. The standard InChI is InChI=1S/C18H17FN2O3S/c19-10-6-4-9(5-7-10)17-21-14-3-1-2-13(15(14)25-17)20-16(22)11-8-12(11)18(23)24/h4-7,11-13H,1-3,8H2,(H,20,22)(H,23,24). The number of carboxylic acid groups (broad SMARTS) is 1. The Balaban J connectivity index is 1.53. The van der Waals surface area contributed by atoms with Crippen LogP contribution in [-0.2, 0) is 16.0 Å². The van der Waals surface area contributed by atoms with Crippen molar-refractivity contribution in [1.29, 1.82) is 0 Å². The minimum absolute atomic E-state index is 0.113. The molecule has 3 unspecified atom stereocenters. The number of amides is 1. The predicted molar refractivity (Wildman–Crippen MR) is 90.6 cm³/mol. The first-order valence-electron chi connectivity index (χ1n) is 8.31. The Kier molecular flexibility index (Phi) is 4.03. The molecule has 7 heteroatoms. The molecule has 1 saturated carbocycles. The Morgan fingerprint density at radius 3 is 2.68 bits per heavy atom. The number of aryl methyl sites for hydroxylation is 1. The number of aromatic nitrogens is 1. The number of fused-ring (bicyclic) bond motifs is 1. The summed E-state index contributed by atoms with van der Waals surface area (Å²) in [6, 6.07) is 6.12. The number of hydrogen-bond donors (Lipinski definition) is 2. The summed E-state index contributed by atoms with van der Waals surface area (Å²) in [5, 5.41) is 12.8. The number of carboxylic acids is 1. The molecular formula is C18H17FN2O3S. The SMILES string of the molecule is O=C(O)C1CC1C(=O)NC1CCCc2nc(-c3ccc(F)cc3)sc21. The van der Waals surface area contributed by atoms with Crippen LogP contribution in [0.15, 0.2) is 24.3 Å². The van der Waals surface area contributed by atoms with Gasteiger partial charge in [-0.3, -0.25) is 9.59 Å². The van der Waals surface area contributed by atoms with Gasteiger partial charge < -0.3 is 10.4 Å². The number of aliphatic carboxylic acids is 1. The number of thiazole rings is 1. The zero-order valence-electron chi connectivity index (χ0n) is 13.4. The maximum Gasteiger partial charge on any atom is 0.307 e. The smallest absolute Gasteiger partial charge is 0.307 e. The van der Waals surface area contributed by atoms with E-state index in [0.717, 1.165) is 40.4 Å². The van der Waals surface area contributed by atoms with Gasteiger partial charge in [-0.2, -0.15) is 0 Å². The van der Waals surface area contributed by atoms with E-state index in [2.05, 4.69) is 10.3 Å². The van der Waals surface area contributed by atoms with Crippen LogP contribution in [0.3, 0.4) is 0 Å². The van der Waals surface area contributed by atoms with Gasteiger partial charge >= 0.3 is 5.97 Å². The molecule has 2 aliphatic carbocycles. The molecule has 1 fully saturated rings. The van der Waals surface area contributed by atoms with Gasteiger partial charge in [0, 0.05) is 5.56 Å². The second kappa shape index (κ2) is 6.22. The highest BCUT2D eigenvalue weighted by atomic mass is 32.1. The third-order valence-electron chi connectivity index (χ3n) is 4.80. The van der Waals surface area contributed by atoms with Crippen LogP contribution in [0.4, 0.5) is 4.39 Å². The first kappa shape index (κ1) is 16.2. The normalized spacial score (nSPS) is 24.4. The lowest BCUT2D eigenvalue weighted by atomic mass is 9.98. The molecule has 1 amide bonds. The Morgan fingerprint density at radius 2 is 2.00 bits per heavy atom. The van der Waals surface area contributed by atoms with E-state index in [9.17, 15) is 14.0 Å². The summed E-state index contributed by atoms with van der Waals surface area (Å²) in [6.45, 7) is 0. The fourth-order valence-electron chi connectivity index (χ4n) is 3.31. The third kappa shape index (κ3) is 3.16. The van der Waals surface area contributed by atoms with Crippen molar-refractivity contribution in [2.75, 3.05) is 0 Å². The van der Waals surface area contributed by atoms with E-state index in [-0.39, 0.29) is 17.8 Å². The van der Waals surface area contributed by atoms with Crippen LogP contribution >= 0.6 is 11.3 Å². The molecule has 3 atom stereocenters. The second-order valence-corrected chi connectivity index (χ2v) is 7.61. The Bertz CT molecular complexity index is 833. The number of nitrogens with one attached hydrogen (secondary N) is 1. The fraction of sp³-hybridized carbons (Fsp3) is 0.389. The summed E-state index contributed by atoms with van der Waals surface area (Å²) < 4.78 is 13.1. The molecular weight excluding hydrogens is 343 g/mol. The average Bonchev–Trinajstić information content (AvgIpc) is 3.28. The van der Waals surface area contributed by atoms with Crippen LogP contribution < -0.4 is 5.32 Å². The molecule has 5 nitrogen and oxygen atoms in total. The van der Waals surface area contributed by atoms with Crippen molar-refractivity contribution in [3.05, 3.63) is 40.7 Å². The van der Waals surface area contributed by atoms with Crippen LogP contribution in [0.2, 0.25) is 0 Å². The average molecular weight is 360 g/mol. The minimum atomic E-state index is -0.902. The molecule has 1 aromatic carbocycles. The van der Waals surface area contributed by atoms with Crippen LogP contribution in [0.1, 0.15) is 35.9 Å². The van der Waals surface area contributed by atoms with Crippen LogP contribution in [0.5, 0.6) is 0 Å². The Hall–Kier alpha value is -2.28. The van der Waals surface area contributed by atoms with Gasteiger partial charge in [0.15, 0.2) is 0 Å². The molecule has 25 heavy (non-hydrogen) atoms. The van der Waals surface area contributed by atoms with Gasteiger partial charge in [0.05, 0.1) is 28.4 Å². The van der Waals surface area contributed by atoms with Gasteiger partial charge in [0.1, 0.15) is 10.8 Å². The number of benzene rings is 1. The van der Waals surface area contributed by atoms with Gasteiger partial charge in [-0.15, -0.1) is 11.3 Å². The van der Waals surface area contributed by atoms with E-state index >= 15 is 0 Å². The molecule has 1 heterocycles. The number of carbonyl (C=O) groups is 2. The van der Waals surface area contributed by atoms with Gasteiger partial charge in [-0.05, 0) is 49.9 Å². The molecule has 0 saturated heterocycles. The minimum Gasteiger partial charge on any atom is -0.481 e. The van der Waals surface area contributed by atoms with E-state index in [1.807, 2.05) is 0 Å². The molecule has 2 aromatic rings. The summed E-state index contributed by atoms with van der Waals surface area (Å²) in [7, 11) is 0. The Morgan fingerprint density at radius 1 is 1.24 bits per heavy atom. The van der Waals surface area contributed by atoms with Crippen molar-refractivity contribution in [1.82, 2.24) is 10.3 Å². The van der Waals surface area contributed by atoms with Crippen molar-refractivity contribution >= 4 is 23.2 Å². The maximum atomic E-state index is 13.1. The van der Waals surface area contributed by atoms with Crippen molar-refractivity contribution < 1.29 is 19.1 Å². The summed E-state index contributed by atoms with van der Waals surface area (Å²) in [6.07, 6.45) is 3.04. The molecule has 1 aromatic heterocycles. The highest BCUT2D eigenvalue weighted by molar-refractivity contribution is 7.15. The summed E-state index contributed by atoms with van der Waals surface area (Å²) in [4.78, 5) is 28.9. The monoisotopic (exact) mass is 360 g/mol. The van der Waals surface area contributed by atoms with E-state index in [0.29, 0.717) is 6.42 Å². The molecule has 2 aliphatic rings. The number of nitrogens with zero attached hydrogens (tertiary/aromatic N) is 1. The van der Waals surface area contributed by atoms with Crippen LogP contribution in [-0.4, -0.2) is 22.0 Å². The van der Waals surface area contributed by atoms with Crippen molar-refractivity contribution in [2.45, 2.75) is 31.7 Å². The molecule has 2 N–H and O–H groups in total. The van der Waals surface area contributed by atoms with E-state index < -0.39 is 17.8 Å². The van der Waals surface area contributed by atoms with E-state index in [1.165, 1.54) is 23.5 Å². The third-order valence-corrected chi connectivity index (χ3v) is 6.06. The number of rotatable bonds is 4. The number of carbonyl (C=O) groups excluding carboxylic acids is 1. The first-order chi connectivity index (χ1) is 12.0. The highest BCUT2D eigenvalue weighted by Gasteiger charge is 2.48. The van der Waals surface area contributed by atoms with Crippen molar-refractivity contribution in [2.24, 2.45) is 11.8 Å². The van der Waals surface area contributed by atoms with Crippen LogP contribution in [0, 0.1) is 17.7 Å². The predicted octanol–water partition coefficient (Wildman–Crippen LogP) is 3.16. The first-order valence-corrected chi connectivity index (χ1v) is 9.13. The topological polar surface area (TPSA) is 79.3 Å². The largest absolute Gasteiger partial charge is 0.481 e. The molecule has 0 radical (unpaired) electrons. The lowest BCUT2D eigenvalue weighted by Crippen LogP contribution is -2.32. The molecule has 4 rings (SSSR count). The molecule has 0 aliphatic heterocycles. The van der Waals surface area contributed by atoms with Crippen LogP contribution in [0.25, 0.3) is 10.6 Å². The van der Waals surface area contributed by atoms with Crippen molar-refractivity contribution in [3.8, 4) is 10.6 Å². The Labute approximate surface area is 147 Å². The summed E-state index contributed by atoms with van der Waals surface area (Å²) in [5.74, 6) is -2.32. The fourth-order valence-corrected chi connectivity index (χ4v) is 4.51. The van der Waals surface area contributed by atoms with E-state index in [1.54, 1.807) is 12.1 Å². The van der Waals surface area contributed by atoms with Gasteiger partial charge in [0.2, 0.25) is 5.91 Å². The second-order valence-electron chi connectivity index (χ2n) is 6.58. The van der Waals surface area contributed by atoms with Gasteiger partial charge in [-0.1, -0.05) is 0 Å². The lowest BCUT2D eigenvalue weighted by Gasteiger charge is -2.22. The molecule has 0 bridgehead atoms. The zero-order valence-corrected chi connectivity index (χ0v) is 14.2.